The molecule has 0 atom stereocenters. The molecule has 0 spiro atoms. The molecule has 134 heavy (non-hydrogen) atoms. The molecule has 0 saturated carbocycles. The van der Waals surface area contributed by atoms with Gasteiger partial charge in [-0.3, -0.25) is 0 Å². The zero-order valence-corrected chi connectivity index (χ0v) is 72.7. The Morgan fingerprint density at radius 2 is 0.358 bits per heavy atom. The van der Waals surface area contributed by atoms with E-state index in [0.717, 1.165) is 98.9 Å². The summed E-state index contributed by atoms with van der Waals surface area (Å²) < 4.78 is 25.5. The molecule has 0 N–H and O–H groups in total. The first-order chi connectivity index (χ1) is 66.4. The lowest BCUT2D eigenvalue weighted by Gasteiger charge is -2.19. The highest BCUT2D eigenvalue weighted by atomic mass is 16.3. The van der Waals surface area contributed by atoms with Gasteiger partial charge in [-0.05, 0) is 270 Å². The number of benzene rings is 25. The molecule has 29 aromatic rings. The van der Waals surface area contributed by atoms with E-state index < -0.39 is 0 Å². The maximum absolute atomic E-state index is 6.38. The SMILES string of the molecule is c1ccc(-c2ccccc2-c2c3ccccc3c(-c3ccc4oc5cc6ccccc6cc5c4c3)c3ccccc23)cc1.c1ccc2cc3c(cc2c1)oc1ccc(-c2c4ccccc4c(-c4ccc(-c5cccc6c5oc5ccccc56)cc4)c4ccccc24)cc13.c1ccc2cc3c(cc2c1)oc1ccc(-c2c4ccccc4c(-c4cccc5ccccc45)c4ccccc24)cc13. The molecule has 0 saturated heterocycles. The highest BCUT2D eigenvalue weighted by Crippen LogP contribution is 2.52. The second-order valence-corrected chi connectivity index (χ2v) is 35.3. The van der Waals surface area contributed by atoms with Gasteiger partial charge >= 0.3 is 0 Å². The monoisotopic (exact) mass is 1700 g/mol. The smallest absolute Gasteiger partial charge is 0.143 e. The zero-order chi connectivity index (χ0) is 88.0. The van der Waals surface area contributed by atoms with Crippen molar-refractivity contribution < 1.29 is 17.7 Å². The number of hydrogen-bond donors (Lipinski definition) is 0. The van der Waals surface area contributed by atoms with Crippen molar-refractivity contribution in [2.45, 2.75) is 0 Å². The van der Waals surface area contributed by atoms with Gasteiger partial charge in [-0.2, -0.15) is 0 Å². The van der Waals surface area contributed by atoms with E-state index in [-0.39, 0.29) is 0 Å². The molecule has 4 heterocycles. The molecule has 622 valence electrons. The highest BCUT2D eigenvalue weighted by Gasteiger charge is 2.26. The van der Waals surface area contributed by atoms with Crippen molar-refractivity contribution in [3.63, 3.8) is 0 Å². The van der Waals surface area contributed by atoms with E-state index in [9.17, 15) is 0 Å². The molecule has 29 rings (SSSR count). The zero-order valence-electron chi connectivity index (χ0n) is 72.7. The normalized spacial score (nSPS) is 11.9. The van der Waals surface area contributed by atoms with Crippen LogP contribution in [0.4, 0.5) is 0 Å². The van der Waals surface area contributed by atoms with Crippen molar-refractivity contribution in [3.8, 4) is 89.0 Å². The van der Waals surface area contributed by atoms with Crippen LogP contribution in [0.25, 0.3) is 284 Å². The van der Waals surface area contributed by atoms with Crippen molar-refractivity contribution >= 4 is 195 Å². The molecule has 25 aromatic carbocycles. The fraction of sp³-hybridized carbons (Fsp3) is 0. The van der Waals surface area contributed by atoms with Gasteiger partial charge in [0.15, 0.2) is 0 Å². The van der Waals surface area contributed by atoms with Gasteiger partial charge in [-0.1, -0.05) is 394 Å². The largest absolute Gasteiger partial charge is 0.456 e. The molecular weight excluding hydrogens is 1630 g/mol. The van der Waals surface area contributed by atoms with Crippen LogP contribution in [0.3, 0.4) is 0 Å². The molecule has 0 radical (unpaired) electrons. The van der Waals surface area contributed by atoms with E-state index in [1.165, 1.54) is 186 Å². The van der Waals surface area contributed by atoms with E-state index in [2.05, 4.69) is 461 Å². The van der Waals surface area contributed by atoms with E-state index in [0.29, 0.717) is 0 Å². The molecule has 4 nitrogen and oxygen atoms in total. The third-order valence-corrected chi connectivity index (χ3v) is 27.9. The Morgan fingerprint density at radius 3 is 0.776 bits per heavy atom. The van der Waals surface area contributed by atoms with Crippen LogP contribution in [0.1, 0.15) is 0 Å². The van der Waals surface area contributed by atoms with Crippen molar-refractivity contribution in [1.82, 2.24) is 0 Å². The van der Waals surface area contributed by atoms with Crippen LogP contribution in [-0.2, 0) is 0 Å². The molecule has 0 aliphatic carbocycles. The molecule has 0 aliphatic heterocycles. The maximum atomic E-state index is 6.38. The standard InChI is InChI=1S/C48H28O2.C42H26O.C40H24O/c1-2-11-32-28-45-42(26-31(32)10-1)41-27-33(24-25-44(41)49-45)47-38-15-5-3-13-36(38)46(37-14-4-6-16-39(37)47)30-22-20-29(21-23-30)34-17-9-18-40-35-12-7-8-19-43(35)50-48(34)40;1-2-12-27(13-3-1)31-16-6-7-17-32(31)42-35-20-10-8-18-33(35)41(34-19-9-11-21-36(34)42)30-22-23-39-37(25-30)38-24-28-14-4-5-15-29(28)26-40(38)43-39;1-2-12-27-24-38-36(22-26(27)11-1)35-23-28(20-21-37(35)41-38)39-31-15-5-7-17-33(31)40(34-18-8-6-16-32(34)39)30-19-9-13-25-10-3-4-14-29(25)30/h1-28H;1-26H;1-24H. The lowest BCUT2D eigenvalue weighted by Crippen LogP contribution is -1.92. The van der Waals surface area contributed by atoms with Gasteiger partial charge in [0.05, 0.1) is 0 Å². The molecule has 4 heteroatoms. The summed E-state index contributed by atoms with van der Waals surface area (Å²) in [6.07, 6.45) is 0. The van der Waals surface area contributed by atoms with Gasteiger partial charge in [-0.15, -0.1) is 0 Å². The average Bonchev–Trinajstić information content (AvgIpc) is 1.19. The van der Waals surface area contributed by atoms with Crippen LogP contribution >= 0.6 is 0 Å². The Balaban J connectivity index is 0.000000103. The van der Waals surface area contributed by atoms with Crippen molar-refractivity contribution in [2.75, 3.05) is 0 Å². The summed E-state index contributed by atoms with van der Waals surface area (Å²) in [6.45, 7) is 0. The number of furan rings is 4. The minimum Gasteiger partial charge on any atom is -0.456 e. The fourth-order valence-corrected chi connectivity index (χ4v) is 21.9. The molecule has 0 fully saturated rings. The fourth-order valence-electron chi connectivity index (χ4n) is 21.9. The minimum atomic E-state index is 0.905. The van der Waals surface area contributed by atoms with Gasteiger partial charge in [0.25, 0.3) is 0 Å². The molecule has 0 aliphatic rings. The lowest BCUT2D eigenvalue weighted by molar-refractivity contribution is 0.669. The second-order valence-electron chi connectivity index (χ2n) is 35.3. The van der Waals surface area contributed by atoms with Crippen LogP contribution in [-0.4, -0.2) is 0 Å². The van der Waals surface area contributed by atoms with Crippen LogP contribution in [0.2, 0.25) is 0 Å². The van der Waals surface area contributed by atoms with Gasteiger partial charge in [0.2, 0.25) is 0 Å². The van der Waals surface area contributed by atoms with Gasteiger partial charge in [0.1, 0.15) is 44.7 Å². The topological polar surface area (TPSA) is 52.6 Å². The Bertz CT molecular complexity index is 9730. The van der Waals surface area contributed by atoms with Crippen LogP contribution in [0.5, 0.6) is 0 Å². The Hall–Kier alpha value is -17.7. The van der Waals surface area contributed by atoms with Crippen LogP contribution in [0.15, 0.2) is 491 Å². The first-order valence-corrected chi connectivity index (χ1v) is 46.0. The summed E-state index contributed by atoms with van der Waals surface area (Å²) >= 11 is 0. The van der Waals surface area contributed by atoms with Crippen molar-refractivity contribution in [2.24, 2.45) is 0 Å². The highest BCUT2D eigenvalue weighted by molar-refractivity contribution is 6.28. The van der Waals surface area contributed by atoms with E-state index in [4.69, 9.17) is 17.7 Å². The summed E-state index contributed by atoms with van der Waals surface area (Å²) in [5, 5.41) is 33.9. The number of rotatable bonds is 8. The summed E-state index contributed by atoms with van der Waals surface area (Å²) in [6, 6.07) is 170. The van der Waals surface area contributed by atoms with Crippen molar-refractivity contribution in [3.05, 3.63) is 473 Å². The van der Waals surface area contributed by atoms with Crippen LogP contribution in [0, 0.1) is 0 Å². The third kappa shape index (κ3) is 12.4. The minimum absolute atomic E-state index is 0.905. The van der Waals surface area contributed by atoms with Crippen molar-refractivity contribution in [1.29, 1.82) is 0 Å². The van der Waals surface area contributed by atoms with Gasteiger partial charge in [0, 0.05) is 48.7 Å². The number of hydrogen-bond acceptors (Lipinski definition) is 4. The first kappa shape index (κ1) is 76.4. The number of para-hydroxylation sites is 2. The third-order valence-electron chi connectivity index (χ3n) is 27.9. The number of fused-ring (bicyclic) bond motifs is 22. The van der Waals surface area contributed by atoms with E-state index in [1.807, 2.05) is 12.1 Å². The molecule has 0 amide bonds. The quantitative estimate of drug-likeness (QED) is 0.142. The summed E-state index contributed by atoms with van der Waals surface area (Å²) in [5.41, 5.74) is 26.9. The van der Waals surface area contributed by atoms with Crippen LogP contribution < -0.4 is 0 Å². The average molecular weight is 1700 g/mol. The predicted octanol–water partition coefficient (Wildman–Crippen LogP) is 37.5. The Kier molecular flexibility index (Phi) is 17.7. The molecular formula is C130H78O4. The summed E-state index contributed by atoms with van der Waals surface area (Å²) in [5.74, 6) is 0. The summed E-state index contributed by atoms with van der Waals surface area (Å²) in [7, 11) is 0. The maximum Gasteiger partial charge on any atom is 0.143 e. The van der Waals surface area contributed by atoms with Gasteiger partial charge < -0.3 is 17.7 Å². The Morgan fingerprint density at radius 1 is 0.104 bits per heavy atom. The predicted molar refractivity (Wildman–Crippen MR) is 567 cm³/mol. The van der Waals surface area contributed by atoms with Gasteiger partial charge in [-0.25, -0.2) is 0 Å². The molecule has 0 unspecified atom stereocenters. The van der Waals surface area contributed by atoms with E-state index >= 15 is 0 Å². The lowest BCUT2D eigenvalue weighted by atomic mass is 9.83. The summed E-state index contributed by atoms with van der Waals surface area (Å²) in [4.78, 5) is 0. The molecule has 0 bridgehead atoms. The van der Waals surface area contributed by atoms with E-state index in [1.54, 1.807) is 0 Å². The second kappa shape index (κ2) is 31.0. The molecule has 4 aromatic heterocycles. The Labute approximate surface area is 769 Å². The first-order valence-electron chi connectivity index (χ1n) is 46.0.